The number of rotatable bonds is 6. The zero-order chi connectivity index (χ0) is 21.1. The van der Waals surface area contributed by atoms with Gasteiger partial charge in [-0.2, -0.15) is 5.10 Å². The number of aryl methyl sites for hydroxylation is 4. The highest BCUT2D eigenvalue weighted by Gasteiger charge is 2.31. The lowest BCUT2D eigenvalue weighted by Gasteiger charge is -2.25. The maximum atomic E-state index is 12.9. The van der Waals surface area contributed by atoms with Crippen molar-refractivity contribution in [1.29, 1.82) is 0 Å². The largest absolute Gasteiger partial charge is 0.340 e. The normalized spacial score (nSPS) is 16.1. The summed E-state index contributed by atoms with van der Waals surface area (Å²) in [6, 6.07) is 9.99. The van der Waals surface area contributed by atoms with Crippen molar-refractivity contribution < 1.29 is 4.79 Å². The summed E-state index contributed by atoms with van der Waals surface area (Å²) < 4.78 is 1.83. The molecule has 3 aromatic rings. The molecule has 0 unspecified atom stereocenters. The smallest absolute Gasteiger partial charge is 0.224 e. The summed E-state index contributed by atoms with van der Waals surface area (Å²) in [5, 5.41) is 7.78. The number of anilines is 2. The summed E-state index contributed by atoms with van der Waals surface area (Å²) in [4.78, 5) is 24.1. The van der Waals surface area contributed by atoms with Crippen LogP contribution in [0.5, 0.6) is 0 Å². The van der Waals surface area contributed by atoms with Gasteiger partial charge >= 0.3 is 0 Å². The van der Waals surface area contributed by atoms with Crippen LogP contribution < -0.4 is 5.32 Å². The Hall–Kier alpha value is -3.22. The van der Waals surface area contributed by atoms with Crippen LogP contribution in [0.2, 0.25) is 0 Å². The van der Waals surface area contributed by atoms with Gasteiger partial charge in [-0.3, -0.25) is 14.5 Å². The van der Waals surface area contributed by atoms with Gasteiger partial charge in [0.2, 0.25) is 5.91 Å². The Morgan fingerprint density at radius 2 is 2.07 bits per heavy atom. The van der Waals surface area contributed by atoms with Crippen molar-refractivity contribution in [2.75, 3.05) is 11.9 Å². The van der Waals surface area contributed by atoms with E-state index in [0.29, 0.717) is 13.0 Å². The third-order valence-corrected chi connectivity index (χ3v) is 5.49. The van der Waals surface area contributed by atoms with Crippen LogP contribution in [0, 0.1) is 20.8 Å². The lowest BCUT2D eigenvalue weighted by atomic mass is 10.1. The number of carbonyl (C=O) groups excluding carboxylic acids is 1. The molecule has 1 fully saturated rings. The fraction of sp³-hybridized carbons (Fsp3) is 0.391. The van der Waals surface area contributed by atoms with Crippen molar-refractivity contribution in [3.05, 3.63) is 65.4 Å². The van der Waals surface area contributed by atoms with Gasteiger partial charge in [0.05, 0.1) is 17.4 Å². The third kappa shape index (κ3) is 4.50. The number of likely N-dealkylation sites (tertiary alicyclic amines) is 1. The number of carbonyl (C=O) groups is 1. The SMILES string of the molecule is Cc1cc(Nc2ncccc2C)cc([C@@H]2CCCN2C(=O)CCn2ccc(C)n2)n1. The molecular formula is C23H28N6O. The number of amides is 1. The fourth-order valence-electron chi connectivity index (χ4n) is 4.00. The number of hydrogen-bond donors (Lipinski definition) is 1. The Morgan fingerprint density at radius 1 is 1.20 bits per heavy atom. The van der Waals surface area contributed by atoms with Crippen molar-refractivity contribution in [2.24, 2.45) is 0 Å². The summed E-state index contributed by atoms with van der Waals surface area (Å²) in [6.45, 7) is 7.35. The lowest BCUT2D eigenvalue weighted by Crippen LogP contribution is -2.31. The first-order valence-corrected chi connectivity index (χ1v) is 10.5. The van der Waals surface area contributed by atoms with Gasteiger partial charge in [-0.15, -0.1) is 0 Å². The number of pyridine rings is 2. The summed E-state index contributed by atoms with van der Waals surface area (Å²) in [5.74, 6) is 0.993. The minimum absolute atomic E-state index is 0.0159. The summed E-state index contributed by atoms with van der Waals surface area (Å²) in [7, 11) is 0. The van der Waals surface area contributed by atoms with Gasteiger partial charge in [0, 0.05) is 43.3 Å². The Labute approximate surface area is 177 Å². The zero-order valence-electron chi connectivity index (χ0n) is 17.8. The van der Waals surface area contributed by atoms with Crippen molar-refractivity contribution >= 4 is 17.4 Å². The second kappa shape index (κ2) is 8.65. The van der Waals surface area contributed by atoms with Crippen LogP contribution in [0.4, 0.5) is 11.5 Å². The van der Waals surface area contributed by atoms with E-state index in [2.05, 4.69) is 15.4 Å². The van der Waals surface area contributed by atoms with Crippen LogP contribution in [0.15, 0.2) is 42.7 Å². The van der Waals surface area contributed by atoms with E-state index in [0.717, 1.165) is 53.5 Å². The summed E-state index contributed by atoms with van der Waals surface area (Å²) in [5.41, 5.74) is 4.86. The highest BCUT2D eigenvalue weighted by atomic mass is 16.2. The average molecular weight is 405 g/mol. The van der Waals surface area contributed by atoms with Crippen LogP contribution in [-0.4, -0.2) is 37.1 Å². The molecule has 0 radical (unpaired) electrons. The Kier molecular flexibility index (Phi) is 5.79. The molecule has 4 rings (SSSR count). The molecule has 1 atom stereocenters. The second-order valence-electron chi connectivity index (χ2n) is 7.93. The molecule has 1 N–H and O–H groups in total. The van der Waals surface area contributed by atoms with E-state index in [1.807, 2.05) is 66.9 Å². The minimum Gasteiger partial charge on any atom is -0.340 e. The van der Waals surface area contributed by atoms with Gasteiger partial charge in [0.1, 0.15) is 5.82 Å². The molecule has 7 nitrogen and oxygen atoms in total. The highest BCUT2D eigenvalue weighted by molar-refractivity contribution is 5.77. The predicted octanol–water partition coefficient (Wildman–Crippen LogP) is 4.10. The van der Waals surface area contributed by atoms with Crippen LogP contribution >= 0.6 is 0 Å². The second-order valence-corrected chi connectivity index (χ2v) is 7.93. The molecule has 1 aliphatic heterocycles. The number of hydrogen-bond acceptors (Lipinski definition) is 5. The molecule has 4 heterocycles. The molecule has 0 bridgehead atoms. The molecule has 30 heavy (non-hydrogen) atoms. The Morgan fingerprint density at radius 3 is 2.83 bits per heavy atom. The maximum Gasteiger partial charge on any atom is 0.224 e. The standard InChI is InChI=1S/C23H28N6O/c1-16-6-4-10-24-23(16)26-19-14-18(3)25-20(15-19)21-7-5-11-29(21)22(30)9-13-28-12-8-17(2)27-28/h4,6,8,10,12,14-15,21H,5,7,9,11,13H2,1-3H3,(H,24,25,26)/t21-/m0/s1. The molecule has 156 valence electrons. The van der Waals surface area contributed by atoms with E-state index in [1.165, 1.54) is 0 Å². The average Bonchev–Trinajstić information content (AvgIpc) is 3.36. The van der Waals surface area contributed by atoms with Gasteiger partial charge < -0.3 is 10.2 Å². The molecule has 1 aliphatic rings. The van der Waals surface area contributed by atoms with Crippen LogP contribution in [0.25, 0.3) is 0 Å². The molecule has 7 heteroatoms. The molecule has 1 saturated heterocycles. The van der Waals surface area contributed by atoms with Crippen LogP contribution in [0.3, 0.4) is 0 Å². The Bertz CT molecular complexity index is 1040. The van der Waals surface area contributed by atoms with Crippen molar-refractivity contribution in [2.45, 2.75) is 52.6 Å². The quantitative estimate of drug-likeness (QED) is 0.669. The topological polar surface area (TPSA) is 75.9 Å². The first-order chi connectivity index (χ1) is 14.5. The fourth-order valence-corrected chi connectivity index (χ4v) is 4.00. The highest BCUT2D eigenvalue weighted by Crippen LogP contribution is 2.33. The zero-order valence-corrected chi connectivity index (χ0v) is 17.8. The van der Waals surface area contributed by atoms with E-state index >= 15 is 0 Å². The van der Waals surface area contributed by atoms with Crippen molar-refractivity contribution in [3.8, 4) is 0 Å². The molecule has 0 aliphatic carbocycles. The van der Waals surface area contributed by atoms with Crippen molar-refractivity contribution in [1.82, 2.24) is 24.6 Å². The first-order valence-electron chi connectivity index (χ1n) is 10.5. The third-order valence-electron chi connectivity index (χ3n) is 5.49. The summed E-state index contributed by atoms with van der Waals surface area (Å²) >= 11 is 0. The summed E-state index contributed by atoms with van der Waals surface area (Å²) in [6.07, 6.45) is 6.08. The van der Waals surface area contributed by atoms with Gasteiger partial charge in [-0.1, -0.05) is 6.07 Å². The Balaban J connectivity index is 1.49. The van der Waals surface area contributed by atoms with Gasteiger partial charge in [-0.05, 0) is 63.4 Å². The molecule has 0 spiro atoms. The van der Waals surface area contributed by atoms with E-state index in [-0.39, 0.29) is 11.9 Å². The predicted molar refractivity (Wildman–Crippen MR) is 116 cm³/mol. The lowest BCUT2D eigenvalue weighted by molar-refractivity contribution is -0.132. The van der Waals surface area contributed by atoms with Crippen LogP contribution in [-0.2, 0) is 11.3 Å². The first kappa shape index (κ1) is 20.1. The minimum atomic E-state index is 0.0159. The van der Waals surface area contributed by atoms with Gasteiger partial charge in [-0.25, -0.2) is 4.98 Å². The maximum absolute atomic E-state index is 12.9. The number of nitrogens with zero attached hydrogens (tertiary/aromatic N) is 5. The monoisotopic (exact) mass is 404 g/mol. The van der Waals surface area contributed by atoms with E-state index in [1.54, 1.807) is 6.20 Å². The molecular weight excluding hydrogens is 376 g/mol. The molecule has 0 aromatic carbocycles. The van der Waals surface area contributed by atoms with Crippen molar-refractivity contribution in [3.63, 3.8) is 0 Å². The molecule has 0 saturated carbocycles. The molecule has 3 aromatic heterocycles. The van der Waals surface area contributed by atoms with E-state index in [9.17, 15) is 4.79 Å². The van der Waals surface area contributed by atoms with Gasteiger partial charge in [0.25, 0.3) is 0 Å². The van der Waals surface area contributed by atoms with E-state index in [4.69, 9.17) is 4.98 Å². The number of aromatic nitrogens is 4. The molecule has 1 amide bonds. The van der Waals surface area contributed by atoms with E-state index < -0.39 is 0 Å². The van der Waals surface area contributed by atoms with Crippen LogP contribution in [0.1, 0.15) is 47.9 Å². The van der Waals surface area contributed by atoms with Gasteiger partial charge in [0.15, 0.2) is 0 Å². The number of nitrogens with one attached hydrogen (secondary N) is 1.